The third kappa shape index (κ3) is 3.45. The van der Waals surface area contributed by atoms with Crippen molar-refractivity contribution in [3.63, 3.8) is 0 Å². The maximum absolute atomic E-state index is 6.29. The molecule has 7 rings (SSSR count). The van der Waals surface area contributed by atoms with E-state index in [0.717, 1.165) is 31.6 Å². The molecule has 5 unspecified atom stereocenters. The van der Waals surface area contributed by atoms with Crippen molar-refractivity contribution in [2.75, 3.05) is 0 Å². The van der Waals surface area contributed by atoms with Gasteiger partial charge in [0, 0.05) is 27.6 Å². The van der Waals surface area contributed by atoms with E-state index in [-0.39, 0.29) is 5.41 Å². The van der Waals surface area contributed by atoms with Gasteiger partial charge in [0.25, 0.3) is 0 Å². The molecule has 2 aromatic rings. The van der Waals surface area contributed by atoms with Crippen LogP contribution in [0.15, 0.2) is 65.6 Å². The number of nitrogens with one attached hydrogen (secondary N) is 1. The van der Waals surface area contributed by atoms with Crippen molar-refractivity contribution in [2.45, 2.75) is 79.0 Å². The largest absolute Gasteiger partial charge is 0.376 e. The Hall–Kier alpha value is -1.36. The van der Waals surface area contributed by atoms with E-state index in [1.54, 1.807) is 5.56 Å². The number of nitrogens with two attached hydrogens (primary N) is 1. The first-order chi connectivity index (χ1) is 15.6. The van der Waals surface area contributed by atoms with Crippen molar-refractivity contribution >= 4 is 29.0 Å². The highest BCUT2D eigenvalue weighted by atomic mass is 32.2. The van der Waals surface area contributed by atoms with E-state index in [2.05, 4.69) is 77.7 Å². The number of rotatable bonds is 5. The van der Waals surface area contributed by atoms with Crippen molar-refractivity contribution in [3.05, 3.63) is 66.2 Å². The van der Waals surface area contributed by atoms with Gasteiger partial charge in [0.2, 0.25) is 0 Å². The molecule has 0 saturated heterocycles. The molecule has 0 heterocycles. The van der Waals surface area contributed by atoms with Gasteiger partial charge in [-0.15, -0.1) is 11.8 Å². The first-order valence-electron chi connectivity index (χ1n) is 12.4. The Morgan fingerprint density at radius 2 is 1.59 bits per heavy atom. The molecule has 2 nitrogen and oxygen atoms in total. The zero-order valence-electron chi connectivity index (χ0n) is 18.7. The molecule has 5 atom stereocenters. The number of hydrogen-bond donors (Lipinski definition) is 2. The van der Waals surface area contributed by atoms with E-state index in [1.807, 2.05) is 0 Å². The van der Waals surface area contributed by atoms with E-state index in [1.165, 1.54) is 35.6 Å². The summed E-state index contributed by atoms with van der Waals surface area (Å²) >= 11 is 8.42. The van der Waals surface area contributed by atoms with Crippen molar-refractivity contribution in [3.8, 4) is 0 Å². The number of hydrogen-bond acceptors (Lipinski definition) is 3. The summed E-state index contributed by atoms with van der Waals surface area (Å²) in [6, 6.07) is 23.3. The van der Waals surface area contributed by atoms with Gasteiger partial charge in [-0.2, -0.15) is 0 Å². The number of benzene rings is 2. The third-order valence-corrected chi connectivity index (χ3v) is 11.1. The first kappa shape index (κ1) is 21.2. The summed E-state index contributed by atoms with van der Waals surface area (Å²) in [4.78, 5) is 2.60. The Labute approximate surface area is 202 Å². The van der Waals surface area contributed by atoms with Gasteiger partial charge in [0.1, 0.15) is 0 Å². The number of thiocarbonyl (C=S) groups is 1. The quantitative estimate of drug-likeness (QED) is 0.527. The van der Waals surface area contributed by atoms with Gasteiger partial charge in [-0.25, -0.2) is 0 Å². The average molecular weight is 463 g/mol. The van der Waals surface area contributed by atoms with E-state index in [0.29, 0.717) is 28.7 Å². The molecule has 5 fully saturated rings. The fraction of sp³-hybridized carbons (Fsp3) is 0.536. The monoisotopic (exact) mass is 462 g/mol. The SMILES string of the molecule is NC1CCC(NC(=S)C23CC4CC(c5ccccc5)(CC2C4Sc2ccccc2)C3)CC1. The molecular formula is C28H34N2S2. The van der Waals surface area contributed by atoms with Crippen LogP contribution in [0.3, 0.4) is 0 Å². The Morgan fingerprint density at radius 3 is 2.31 bits per heavy atom. The van der Waals surface area contributed by atoms with Crippen LogP contribution < -0.4 is 11.1 Å². The lowest BCUT2D eigenvalue weighted by molar-refractivity contribution is 0.219. The van der Waals surface area contributed by atoms with Gasteiger partial charge in [-0.1, -0.05) is 60.7 Å². The molecule has 3 N–H and O–H groups in total. The van der Waals surface area contributed by atoms with Crippen LogP contribution in [-0.4, -0.2) is 22.3 Å². The lowest BCUT2D eigenvalue weighted by atomic mass is 9.63. The molecule has 0 radical (unpaired) electrons. The highest BCUT2D eigenvalue weighted by Gasteiger charge is 2.69. The van der Waals surface area contributed by atoms with E-state index >= 15 is 0 Å². The summed E-state index contributed by atoms with van der Waals surface area (Å²) < 4.78 is 0. The molecule has 0 aliphatic heterocycles. The minimum Gasteiger partial charge on any atom is -0.376 e. The molecule has 5 aliphatic carbocycles. The molecule has 0 aromatic heterocycles. The standard InChI is InChI=1S/C28H34N2S2/c29-21-11-13-22(14-12-21)30-26(31)28-16-19-15-27(18-28,20-7-3-1-4-8-20)17-24(28)25(19)32-23-9-5-2-6-10-23/h1-10,19,21-22,24-25H,11-18,29H2,(H,30,31). The second kappa shape index (κ2) is 8.14. The summed E-state index contributed by atoms with van der Waals surface area (Å²) in [5.74, 6) is 1.41. The Balaban J connectivity index is 1.30. The van der Waals surface area contributed by atoms with Crippen LogP contribution in [0.5, 0.6) is 0 Å². The van der Waals surface area contributed by atoms with Crippen molar-refractivity contribution in [1.82, 2.24) is 5.32 Å². The van der Waals surface area contributed by atoms with Gasteiger partial charge in [-0.05, 0) is 86.3 Å². The van der Waals surface area contributed by atoms with Crippen molar-refractivity contribution < 1.29 is 0 Å². The van der Waals surface area contributed by atoms with Crippen LogP contribution in [0.1, 0.15) is 56.9 Å². The Kier molecular flexibility index (Phi) is 5.39. The van der Waals surface area contributed by atoms with Gasteiger partial charge in [0.05, 0.1) is 4.99 Å². The second-order valence-corrected chi connectivity index (χ2v) is 12.6. The fourth-order valence-electron chi connectivity index (χ4n) is 7.73. The summed E-state index contributed by atoms with van der Waals surface area (Å²) in [5.41, 5.74) is 8.19. The molecule has 32 heavy (non-hydrogen) atoms. The predicted octanol–water partition coefficient (Wildman–Crippen LogP) is 6.09. The molecular weight excluding hydrogens is 428 g/mol. The molecule has 5 saturated carbocycles. The van der Waals surface area contributed by atoms with Gasteiger partial charge >= 0.3 is 0 Å². The molecule has 168 valence electrons. The van der Waals surface area contributed by atoms with E-state index in [9.17, 15) is 0 Å². The fourth-order valence-corrected chi connectivity index (χ4v) is 9.74. The molecule has 4 heteroatoms. The summed E-state index contributed by atoms with van der Waals surface area (Å²) in [7, 11) is 0. The molecule has 0 spiro atoms. The minimum absolute atomic E-state index is 0.167. The van der Waals surface area contributed by atoms with Crippen LogP contribution in [0.2, 0.25) is 0 Å². The highest BCUT2D eigenvalue weighted by molar-refractivity contribution is 8.00. The maximum atomic E-state index is 6.29. The number of thioether (sulfide) groups is 1. The van der Waals surface area contributed by atoms with E-state index < -0.39 is 0 Å². The summed E-state index contributed by atoms with van der Waals surface area (Å²) in [6.45, 7) is 0. The molecule has 5 aliphatic rings. The molecule has 4 bridgehead atoms. The Bertz CT molecular complexity index is 971. The topological polar surface area (TPSA) is 38.0 Å². The first-order valence-corrected chi connectivity index (χ1v) is 13.7. The van der Waals surface area contributed by atoms with Crippen LogP contribution in [0.25, 0.3) is 0 Å². The zero-order valence-corrected chi connectivity index (χ0v) is 20.3. The lowest BCUT2D eigenvalue weighted by Crippen LogP contribution is -2.48. The van der Waals surface area contributed by atoms with Crippen molar-refractivity contribution in [2.24, 2.45) is 23.0 Å². The summed E-state index contributed by atoms with van der Waals surface area (Å²) in [5, 5.41) is 4.58. The van der Waals surface area contributed by atoms with Crippen LogP contribution >= 0.6 is 24.0 Å². The lowest BCUT2D eigenvalue weighted by Gasteiger charge is -2.43. The minimum atomic E-state index is 0.167. The van der Waals surface area contributed by atoms with Crippen molar-refractivity contribution in [1.29, 1.82) is 0 Å². The maximum Gasteiger partial charge on any atom is 0.0821 e. The summed E-state index contributed by atoms with van der Waals surface area (Å²) in [6.07, 6.45) is 9.69. The highest BCUT2D eigenvalue weighted by Crippen LogP contribution is 2.73. The molecule has 2 aromatic carbocycles. The smallest absolute Gasteiger partial charge is 0.0821 e. The average Bonchev–Trinajstić information content (AvgIpc) is 3.19. The predicted molar refractivity (Wildman–Crippen MR) is 138 cm³/mol. The van der Waals surface area contributed by atoms with Crippen LogP contribution in [0, 0.1) is 17.3 Å². The van der Waals surface area contributed by atoms with Crippen LogP contribution in [0.4, 0.5) is 0 Å². The van der Waals surface area contributed by atoms with Gasteiger partial charge in [-0.3, -0.25) is 0 Å². The third-order valence-electron chi connectivity index (χ3n) is 9.08. The Morgan fingerprint density at radius 1 is 0.906 bits per heavy atom. The zero-order chi connectivity index (χ0) is 21.8. The van der Waals surface area contributed by atoms with E-state index in [4.69, 9.17) is 18.0 Å². The van der Waals surface area contributed by atoms with Gasteiger partial charge in [0.15, 0.2) is 0 Å². The van der Waals surface area contributed by atoms with Gasteiger partial charge < -0.3 is 11.1 Å². The normalized spacial score (nSPS) is 39.8. The molecule has 0 amide bonds. The van der Waals surface area contributed by atoms with Crippen LogP contribution in [-0.2, 0) is 5.41 Å². The second-order valence-electron chi connectivity index (χ2n) is 10.9.